The molecule has 19 heavy (non-hydrogen) atoms. The fourth-order valence-electron chi connectivity index (χ4n) is 1.50. The third kappa shape index (κ3) is 4.16. The molecule has 0 unspecified atom stereocenters. The van der Waals surface area contributed by atoms with Crippen LogP contribution in [-0.2, 0) is 4.79 Å². The molecule has 0 bridgehead atoms. The quantitative estimate of drug-likeness (QED) is 0.397. The maximum Gasteiger partial charge on any atom is 0.269 e. The third-order valence-corrected chi connectivity index (χ3v) is 2.73. The van der Waals surface area contributed by atoms with Gasteiger partial charge in [-0.3, -0.25) is 14.9 Å². The first-order valence-corrected chi connectivity index (χ1v) is 5.91. The van der Waals surface area contributed by atoms with Crippen molar-refractivity contribution in [2.75, 3.05) is 12.5 Å². The van der Waals surface area contributed by atoms with E-state index in [4.69, 9.17) is 16.7 Å². The van der Waals surface area contributed by atoms with E-state index < -0.39 is 29.6 Å². The van der Waals surface area contributed by atoms with Crippen molar-refractivity contribution < 1.29 is 19.9 Å². The molecule has 104 valence electrons. The molecule has 0 aliphatic rings. The minimum absolute atomic E-state index is 0.110. The van der Waals surface area contributed by atoms with Crippen molar-refractivity contribution in [2.24, 2.45) is 0 Å². The number of alkyl halides is 1. The predicted octanol–water partition coefficient (Wildman–Crippen LogP) is 0.344. The minimum atomic E-state index is -1.18. The molecule has 0 aliphatic heterocycles. The molecule has 1 amide bonds. The number of halogens is 1. The molecular formula is C11H13ClN2O5. The Morgan fingerprint density at radius 3 is 2.42 bits per heavy atom. The molecular weight excluding hydrogens is 276 g/mol. The number of amides is 1. The summed E-state index contributed by atoms with van der Waals surface area (Å²) in [5.41, 5.74) is 0.237. The van der Waals surface area contributed by atoms with Crippen LogP contribution in [0, 0.1) is 10.1 Å². The van der Waals surface area contributed by atoms with Gasteiger partial charge in [0.2, 0.25) is 5.91 Å². The largest absolute Gasteiger partial charge is 0.394 e. The van der Waals surface area contributed by atoms with Crippen molar-refractivity contribution in [1.29, 1.82) is 0 Å². The molecule has 1 aromatic rings. The summed E-state index contributed by atoms with van der Waals surface area (Å²) in [6.07, 6.45) is -1.18. The highest BCUT2D eigenvalue weighted by Crippen LogP contribution is 2.20. The number of carbonyl (C=O) groups excluding carboxylic acids is 1. The Bertz CT molecular complexity index is 451. The van der Waals surface area contributed by atoms with Gasteiger partial charge in [0.1, 0.15) is 12.0 Å². The number of carbonyl (C=O) groups is 1. The second kappa shape index (κ2) is 7.03. The van der Waals surface area contributed by atoms with E-state index in [1.807, 2.05) is 0 Å². The van der Waals surface area contributed by atoms with E-state index >= 15 is 0 Å². The molecule has 0 heterocycles. The van der Waals surface area contributed by atoms with E-state index in [9.17, 15) is 20.0 Å². The van der Waals surface area contributed by atoms with E-state index in [1.54, 1.807) is 0 Å². The molecule has 0 spiro atoms. The molecule has 2 atom stereocenters. The Hall–Kier alpha value is -1.70. The van der Waals surface area contributed by atoms with Gasteiger partial charge in [-0.15, -0.1) is 11.6 Å². The Morgan fingerprint density at radius 1 is 1.42 bits per heavy atom. The molecule has 0 saturated heterocycles. The lowest BCUT2D eigenvalue weighted by Crippen LogP contribution is -2.42. The van der Waals surface area contributed by atoms with Crippen LogP contribution >= 0.6 is 11.6 Å². The summed E-state index contributed by atoms with van der Waals surface area (Å²) in [5.74, 6) is -0.814. The van der Waals surface area contributed by atoms with E-state index in [0.717, 1.165) is 0 Å². The molecule has 3 N–H and O–H groups in total. The van der Waals surface area contributed by atoms with Gasteiger partial charge < -0.3 is 15.5 Å². The SMILES string of the molecule is O=C(CCl)N[C@H](CO)[C@H](O)c1ccc([N+](=O)[O-])cc1. The van der Waals surface area contributed by atoms with E-state index in [1.165, 1.54) is 24.3 Å². The number of nitrogens with zero attached hydrogens (tertiary/aromatic N) is 1. The van der Waals surface area contributed by atoms with Crippen molar-refractivity contribution in [3.8, 4) is 0 Å². The van der Waals surface area contributed by atoms with Crippen molar-refractivity contribution in [3.63, 3.8) is 0 Å². The summed E-state index contributed by atoms with van der Waals surface area (Å²) in [5, 5.41) is 31.9. The fourth-order valence-corrected chi connectivity index (χ4v) is 1.57. The van der Waals surface area contributed by atoms with Crippen LogP contribution in [-0.4, -0.2) is 39.6 Å². The normalized spacial score (nSPS) is 13.6. The van der Waals surface area contributed by atoms with E-state index in [-0.39, 0.29) is 11.6 Å². The van der Waals surface area contributed by atoms with Crippen LogP contribution in [0.5, 0.6) is 0 Å². The number of nitro benzene ring substituents is 1. The van der Waals surface area contributed by atoms with Gasteiger partial charge in [0.15, 0.2) is 0 Å². The smallest absolute Gasteiger partial charge is 0.269 e. The Balaban J connectivity index is 2.81. The number of non-ortho nitro benzene ring substituents is 1. The number of rotatable bonds is 6. The van der Waals surface area contributed by atoms with Crippen LogP contribution in [0.15, 0.2) is 24.3 Å². The average molecular weight is 289 g/mol. The van der Waals surface area contributed by atoms with E-state index in [2.05, 4.69) is 5.32 Å². The number of aliphatic hydroxyl groups excluding tert-OH is 2. The summed E-state index contributed by atoms with van der Waals surface area (Å²) in [6.45, 7) is -0.485. The topological polar surface area (TPSA) is 113 Å². The summed E-state index contributed by atoms with van der Waals surface area (Å²) < 4.78 is 0. The second-order valence-electron chi connectivity index (χ2n) is 3.78. The highest BCUT2D eigenvalue weighted by molar-refractivity contribution is 6.27. The fraction of sp³-hybridized carbons (Fsp3) is 0.364. The number of benzene rings is 1. The maximum atomic E-state index is 11.1. The highest BCUT2D eigenvalue weighted by Gasteiger charge is 2.22. The van der Waals surface area contributed by atoms with Crippen LogP contribution in [0.1, 0.15) is 11.7 Å². The lowest BCUT2D eigenvalue weighted by atomic mass is 10.0. The lowest BCUT2D eigenvalue weighted by Gasteiger charge is -2.22. The number of hydrogen-bond donors (Lipinski definition) is 3. The maximum absolute atomic E-state index is 11.1. The summed E-state index contributed by atoms with van der Waals surface area (Å²) in [4.78, 5) is 21.0. The monoisotopic (exact) mass is 288 g/mol. The van der Waals surface area contributed by atoms with Crippen LogP contribution in [0.3, 0.4) is 0 Å². The predicted molar refractivity (Wildman–Crippen MR) is 67.8 cm³/mol. The van der Waals surface area contributed by atoms with Crippen LogP contribution in [0.4, 0.5) is 5.69 Å². The first kappa shape index (κ1) is 15.4. The van der Waals surface area contributed by atoms with Gasteiger partial charge in [-0.05, 0) is 17.7 Å². The third-order valence-electron chi connectivity index (χ3n) is 2.49. The van der Waals surface area contributed by atoms with Crippen molar-refractivity contribution in [1.82, 2.24) is 5.32 Å². The molecule has 0 aliphatic carbocycles. The highest BCUT2D eigenvalue weighted by atomic mass is 35.5. The van der Waals surface area contributed by atoms with E-state index in [0.29, 0.717) is 5.56 Å². The number of nitro groups is 1. The first-order chi connectivity index (χ1) is 8.99. The zero-order chi connectivity index (χ0) is 14.4. The Labute approximate surface area is 114 Å². The summed E-state index contributed by atoms with van der Waals surface area (Å²) in [6, 6.07) is 4.26. The summed E-state index contributed by atoms with van der Waals surface area (Å²) in [7, 11) is 0. The second-order valence-corrected chi connectivity index (χ2v) is 4.05. The molecule has 1 aromatic carbocycles. The van der Waals surface area contributed by atoms with Gasteiger partial charge in [0, 0.05) is 12.1 Å². The van der Waals surface area contributed by atoms with Crippen molar-refractivity contribution in [3.05, 3.63) is 39.9 Å². The van der Waals surface area contributed by atoms with Gasteiger partial charge in [0.25, 0.3) is 5.69 Å². The zero-order valence-corrected chi connectivity index (χ0v) is 10.6. The molecule has 8 heteroatoms. The molecule has 0 fully saturated rings. The standard InChI is InChI=1S/C11H13ClN2O5/c12-5-10(16)13-9(6-15)11(17)7-1-3-8(4-2-7)14(18)19/h1-4,9,11,15,17H,5-6H2,(H,13,16)/t9-,11-/m1/s1. The summed E-state index contributed by atoms with van der Waals surface area (Å²) >= 11 is 5.31. The number of nitrogens with one attached hydrogen (secondary N) is 1. The zero-order valence-electron chi connectivity index (χ0n) is 9.82. The van der Waals surface area contributed by atoms with Gasteiger partial charge in [-0.25, -0.2) is 0 Å². The average Bonchev–Trinajstić information content (AvgIpc) is 2.43. The number of aliphatic hydroxyl groups is 2. The molecule has 0 aromatic heterocycles. The Kier molecular flexibility index (Phi) is 5.68. The molecule has 0 saturated carbocycles. The van der Waals surface area contributed by atoms with Gasteiger partial charge >= 0.3 is 0 Å². The Morgan fingerprint density at radius 2 is 2.00 bits per heavy atom. The minimum Gasteiger partial charge on any atom is -0.394 e. The van der Waals surface area contributed by atoms with Gasteiger partial charge in [-0.1, -0.05) is 0 Å². The van der Waals surface area contributed by atoms with Crippen molar-refractivity contribution >= 4 is 23.2 Å². The molecule has 0 radical (unpaired) electrons. The molecule has 1 rings (SSSR count). The first-order valence-electron chi connectivity index (χ1n) is 5.38. The number of hydrogen-bond acceptors (Lipinski definition) is 5. The van der Waals surface area contributed by atoms with Crippen LogP contribution < -0.4 is 5.32 Å². The molecule has 7 nitrogen and oxygen atoms in total. The van der Waals surface area contributed by atoms with Crippen LogP contribution in [0.25, 0.3) is 0 Å². The van der Waals surface area contributed by atoms with Gasteiger partial charge in [0.05, 0.1) is 17.6 Å². The van der Waals surface area contributed by atoms with Crippen molar-refractivity contribution in [2.45, 2.75) is 12.1 Å². The lowest BCUT2D eigenvalue weighted by molar-refractivity contribution is -0.384. The van der Waals surface area contributed by atoms with Gasteiger partial charge in [-0.2, -0.15) is 0 Å². The van der Waals surface area contributed by atoms with Crippen LogP contribution in [0.2, 0.25) is 0 Å².